The van der Waals surface area contributed by atoms with Crippen molar-refractivity contribution in [1.82, 2.24) is 9.78 Å². The van der Waals surface area contributed by atoms with Crippen molar-refractivity contribution >= 4 is 23.3 Å². The van der Waals surface area contributed by atoms with Crippen molar-refractivity contribution in [1.29, 1.82) is 0 Å². The first-order chi connectivity index (χ1) is 9.38. The number of carboxylic acid groups (broad SMARTS) is 1. The van der Waals surface area contributed by atoms with Crippen LogP contribution in [0.5, 0.6) is 0 Å². The lowest BCUT2D eigenvalue weighted by atomic mass is 10.2. The summed E-state index contributed by atoms with van der Waals surface area (Å²) < 4.78 is 14.3. The Balaban J connectivity index is 2.34. The van der Waals surface area contributed by atoms with Crippen molar-refractivity contribution in [2.75, 3.05) is 0 Å². The number of nitrogens with zero attached hydrogens (tertiary/aromatic N) is 3. The summed E-state index contributed by atoms with van der Waals surface area (Å²) in [6.07, 6.45) is 0.982. The predicted octanol–water partition coefficient (Wildman–Crippen LogP) is 2.33. The first-order valence-electron chi connectivity index (χ1n) is 5.27. The van der Waals surface area contributed by atoms with Gasteiger partial charge in [-0.05, 0) is 17.7 Å². The average Bonchev–Trinajstić information content (AvgIpc) is 2.78. The average molecular weight is 300 g/mol. The van der Waals surface area contributed by atoms with Gasteiger partial charge in [0.2, 0.25) is 5.69 Å². The van der Waals surface area contributed by atoms with Crippen molar-refractivity contribution in [2.24, 2.45) is 0 Å². The van der Waals surface area contributed by atoms with E-state index in [0.29, 0.717) is 5.56 Å². The molecular formula is C11H7ClFN3O4. The second kappa shape index (κ2) is 5.25. The van der Waals surface area contributed by atoms with Crippen LogP contribution in [0.3, 0.4) is 0 Å². The van der Waals surface area contributed by atoms with Gasteiger partial charge >= 0.3 is 11.7 Å². The highest BCUT2D eigenvalue weighted by atomic mass is 35.5. The summed E-state index contributed by atoms with van der Waals surface area (Å²) >= 11 is 5.53. The number of hydrogen-bond acceptors (Lipinski definition) is 4. The highest BCUT2D eigenvalue weighted by molar-refractivity contribution is 6.30. The third kappa shape index (κ3) is 2.75. The molecule has 0 fully saturated rings. The van der Waals surface area contributed by atoms with Crippen LogP contribution in [0.4, 0.5) is 10.1 Å². The van der Waals surface area contributed by atoms with Gasteiger partial charge in [-0.15, -0.1) is 0 Å². The fourth-order valence-electron chi connectivity index (χ4n) is 1.60. The minimum Gasteiger partial charge on any atom is -0.476 e. The quantitative estimate of drug-likeness (QED) is 0.690. The van der Waals surface area contributed by atoms with E-state index in [4.69, 9.17) is 16.7 Å². The molecule has 1 N–H and O–H groups in total. The Morgan fingerprint density at radius 1 is 1.55 bits per heavy atom. The lowest BCUT2D eigenvalue weighted by Gasteiger charge is -2.02. The molecule has 0 aliphatic heterocycles. The molecule has 0 unspecified atom stereocenters. The lowest BCUT2D eigenvalue weighted by molar-refractivity contribution is -0.385. The fourth-order valence-corrected chi connectivity index (χ4v) is 1.72. The third-order valence-electron chi connectivity index (χ3n) is 2.47. The van der Waals surface area contributed by atoms with E-state index in [1.807, 2.05) is 0 Å². The first kappa shape index (κ1) is 13.9. The number of hydrogen-bond donors (Lipinski definition) is 1. The topological polar surface area (TPSA) is 98.3 Å². The van der Waals surface area contributed by atoms with Crippen LogP contribution in [0, 0.1) is 15.9 Å². The Morgan fingerprint density at radius 3 is 2.75 bits per heavy atom. The molecule has 0 radical (unpaired) electrons. The maximum absolute atomic E-state index is 13.3. The molecule has 0 saturated heterocycles. The normalized spacial score (nSPS) is 10.5. The van der Waals surface area contributed by atoms with Gasteiger partial charge in [0.1, 0.15) is 12.0 Å². The number of aromatic carboxylic acids is 1. The molecule has 0 aliphatic rings. The maximum Gasteiger partial charge on any atom is 0.363 e. The lowest BCUT2D eigenvalue weighted by Crippen LogP contribution is -2.04. The van der Waals surface area contributed by atoms with E-state index in [1.54, 1.807) is 0 Å². The summed E-state index contributed by atoms with van der Waals surface area (Å²) in [4.78, 5) is 20.7. The van der Waals surface area contributed by atoms with E-state index < -0.39 is 28.1 Å². The zero-order valence-electron chi connectivity index (χ0n) is 9.79. The molecule has 0 amide bonds. The van der Waals surface area contributed by atoms with Crippen LogP contribution < -0.4 is 0 Å². The van der Waals surface area contributed by atoms with Crippen molar-refractivity contribution in [3.63, 3.8) is 0 Å². The number of benzene rings is 1. The molecule has 2 aromatic rings. The molecule has 104 valence electrons. The van der Waals surface area contributed by atoms with E-state index in [9.17, 15) is 19.3 Å². The molecule has 0 atom stereocenters. The third-order valence-corrected chi connectivity index (χ3v) is 2.78. The van der Waals surface area contributed by atoms with E-state index in [-0.39, 0.29) is 11.6 Å². The highest BCUT2D eigenvalue weighted by Crippen LogP contribution is 2.19. The van der Waals surface area contributed by atoms with Crippen LogP contribution in [0.2, 0.25) is 5.02 Å². The van der Waals surface area contributed by atoms with Crippen molar-refractivity contribution < 1.29 is 19.2 Å². The van der Waals surface area contributed by atoms with Crippen molar-refractivity contribution in [2.45, 2.75) is 6.54 Å². The van der Waals surface area contributed by atoms with Crippen molar-refractivity contribution in [3.05, 3.63) is 56.6 Å². The smallest absolute Gasteiger partial charge is 0.363 e. The summed E-state index contributed by atoms with van der Waals surface area (Å²) in [5.41, 5.74) is -0.836. The number of nitro groups is 1. The second-order valence-corrected chi connectivity index (χ2v) is 4.28. The molecule has 1 heterocycles. The fraction of sp³-hybridized carbons (Fsp3) is 0.0909. The Bertz CT molecular complexity index is 669. The number of carbonyl (C=O) groups is 1. The van der Waals surface area contributed by atoms with Gasteiger partial charge in [-0.3, -0.25) is 14.8 Å². The molecule has 20 heavy (non-hydrogen) atoms. The van der Waals surface area contributed by atoms with Gasteiger partial charge in [0.25, 0.3) is 0 Å². The molecule has 1 aromatic carbocycles. The Labute approximate surface area is 116 Å². The molecular weight excluding hydrogens is 293 g/mol. The largest absolute Gasteiger partial charge is 0.476 e. The Kier molecular flexibility index (Phi) is 3.66. The van der Waals surface area contributed by atoms with Gasteiger partial charge in [0.05, 0.1) is 16.5 Å². The van der Waals surface area contributed by atoms with Crippen LogP contribution >= 0.6 is 11.6 Å². The SMILES string of the molecule is O=C(O)c1nn(Cc2ccc(Cl)c(F)c2)cc1[N+](=O)[O-]. The van der Waals surface area contributed by atoms with Gasteiger partial charge in [-0.1, -0.05) is 17.7 Å². The summed E-state index contributed by atoms with van der Waals surface area (Å²) in [6, 6.07) is 4.00. The first-order valence-corrected chi connectivity index (χ1v) is 5.65. The predicted molar refractivity (Wildman–Crippen MR) is 66.4 cm³/mol. The standard InChI is InChI=1S/C11H7ClFN3O4/c12-7-2-1-6(3-8(7)13)4-15-5-9(16(19)20)10(14-15)11(17)18/h1-3,5H,4H2,(H,17,18). The van der Waals surface area contributed by atoms with Crippen LogP contribution in [-0.4, -0.2) is 25.8 Å². The molecule has 9 heteroatoms. The van der Waals surface area contributed by atoms with E-state index in [2.05, 4.69) is 5.10 Å². The maximum atomic E-state index is 13.3. The molecule has 2 rings (SSSR count). The number of rotatable bonds is 4. The van der Waals surface area contributed by atoms with Gasteiger partial charge in [0, 0.05) is 0 Å². The zero-order chi connectivity index (χ0) is 14.9. The molecule has 7 nitrogen and oxygen atoms in total. The van der Waals surface area contributed by atoms with E-state index in [0.717, 1.165) is 16.9 Å². The molecule has 0 aliphatic carbocycles. The van der Waals surface area contributed by atoms with Crippen molar-refractivity contribution in [3.8, 4) is 0 Å². The Hall–Kier alpha value is -2.48. The highest BCUT2D eigenvalue weighted by Gasteiger charge is 2.25. The Morgan fingerprint density at radius 2 is 2.25 bits per heavy atom. The monoisotopic (exact) mass is 299 g/mol. The molecule has 0 spiro atoms. The summed E-state index contributed by atoms with van der Waals surface area (Å²) in [7, 11) is 0. The number of halogens is 2. The minimum atomic E-state index is -1.50. The zero-order valence-corrected chi connectivity index (χ0v) is 10.5. The molecule has 0 bridgehead atoms. The van der Waals surface area contributed by atoms with Crippen LogP contribution in [0.25, 0.3) is 0 Å². The van der Waals surface area contributed by atoms with Gasteiger partial charge in [-0.25, -0.2) is 9.18 Å². The van der Waals surface area contributed by atoms with Gasteiger partial charge in [-0.2, -0.15) is 5.10 Å². The van der Waals surface area contributed by atoms with Crippen LogP contribution in [-0.2, 0) is 6.54 Å². The molecule has 0 saturated carbocycles. The number of carboxylic acids is 1. The second-order valence-electron chi connectivity index (χ2n) is 3.87. The summed E-state index contributed by atoms with van der Waals surface area (Å²) in [6.45, 7) is -0.0117. The van der Waals surface area contributed by atoms with Crippen LogP contribution in [0.1, 0.15) is 16.1 Å². The minimum absolute atomic E-state index is 0.0117. The summed E-state index contributed by atoms with van der Waals surface area (Å²) in [5.74, 6) is -2.14. The van der Waals surface area contributed by atoms with E-state index >= 15 is 0 Å². The van der Waals surface area contributed by atoms with Gasteiger partial charge < -0.3 is 5.11 Å². The van der Waals surface area contributed by atoms with Gasteiger partial charge in [0.15, 0.2) is 0 Å². The van der Waals surface area contributed by atoms with E-state index in [1.165, 1.54) is 12.1 Å². The van der Waals surface area contributed by atoms with Crippen LogP contribution in [0.15, 0.2) is 24.4 Å². The number of aromatic nitrogens is 2. The molecule has 1 aromatic heterocycles. The summed E-state index contributed by atoms with van der Waals surface area (Å²) in [5, 5.41) is 23.1.